The molecule has 2 rings (SSSR count). The van der Waals surface area contributed by atoms with Crippen LogP contribution in [0.4, 0.5) is 0 Å². The van der Waals surface area contributed by atoms with Gasteiger partial charge in [0.25, 0.3) is 0 Å². The second-order valence-corrected chi connectivity index (χ2v) is 6.11. The molecule has 0 saturated heterocycles. The molecule has 29 heavy (non-hydrogen) atoms. The third kappa shape index (κ3) is 14.5. The largest absolute Gasteiger partial charge is 0.435 e. The van der Waals surface area contributed by atoms with E-state index in [0.717, 1.165) is 16.3 Å². The van der Waals surface area contributed by atoms with E-state index in [1.54, 1.807) is 30.3 Å². The molecule has 0 spiro atoms. The fraction of sp³-hybridized carbons (Fsp3) is 0.136. The first-order chi connectivity index (χ1) is 13.7. The van der Waals surface area contributed by atoms with Gasteiger partial charge in [-0.15, -0.1) is 0 Å². The molecule has 0 saturated carbocycles. The molecule has 0 aromatic heterocycles. The fourth-order valence-corrected chi connectivity index (χ4v) is 1.89. The Balaban J connectivity index is 0.000000430. The Morgan fingerprint density at radius 3 is 1.45 bits per heavy atom. The number of esters is 3. The minimum atomic E-state index is -0.329. The average molecular weight is 463 g/mol. The zero-order valence-corrected chi connectivity index (χ0v) is 18.1. The summed E-state index contributed by atoms with van der Waals surface area (Å²) in [6.07, 6.45) is 2.83. The van der Waals surface area contributed by atoms with Gasteiger partial charge in [-0.25, -0.2) is 0 Å². The highest BCUT2D eigenvalue weighted by Crippen LogP contribution is 2.16. The lowest BCUT2D eigenvalue weighted by Gasteiger charge is -1.99. The van der Waals surface area contributed by atoms with Gasteiger partial charge in [0.2, 0.25) is 0 Å². The van der Waals surface area contributed by atoms with Crippen molar-refractivity contribution in [3.05, 3.63) is 78.0 Å². The van der Waals surface area contributed by atoms with Crippen LogP contribution in [0.1, 0.15) is 26.3 Å². The van der Waals surface area contributed by atoms with E-state index in [9.17, 15) is 14.4 Å². The van der Waals surface area contributed by atoms with Gasteiger partial charge in [0, 0.05) is 25.2 Å². The fourth-order valence-electron chi connectivity index (χ4n) is 1.62. The number of ether oxygens (including phenoxy) is 3. The molecular weight excluding hydrogens is 440 g/mol. The van der Waals surface area contributed by atoms with Gasteiger partial charge in [0.1, 0.15) is 11.5 Å². The molecular formula is C22H23BrO6. The van der Waals surface area contributed by atoms with E-state index >= 15 is 0 Å². The molecule has 0 unspecified atom stereocenters. The molecule has 6 nitrogen and oxygen atoms in total. The van der Waals surface area contributed by atoms with E-state index in [1.807, 2.05) is 24.3 Å². The zero-order valence-electron chi connectivity index (χ0n) is 16.5. The molecule has 0 aliphatic carbocycles. The summed E-state index contributed by atoms with van der Waals surface area (Å²) in [6.45, 7) is 10.8. The van der Waals surface area contributed by atoms with Crippen molar-refractivity contribution in [2.45, 2.75) is 20.8 Å². The highest BCUT2D eigenvalue weighted by Gasteiger charge is 1.96. The van der Waals surface area contributed by atoms with Crippen LogP contribution in [0.5, 0.6) is 11.5 Å². The van der Waals surface area contributed by atoms with Gasteiger partial charge in [-0.3, -0.25) is 14.4 Å². The van der Waals surface area contributed by atoms with Crippen LogP contribution in [0.15, 0.2) is 72.4 Å². The normalized spacial score (nSPS) is 8.69. The van der Waals surface area contributed by atoms with Crippen LogP contribution < -0.4 is 9.47 Å². The maximum atomic E-state index is 10.5. The molecule has 0 fully saturated rings. The predicted molar refractivity (Wildman–Crippen MR) is 115 cm³/mol. The van der Waals surface area contributed by atoms with E-state index in [1.165, 1.54) is 20.8 Å². The number of carbonyl (C=O) groups is 3. The lowest BCUT2D eigenvalue weighted by molar-refractivity contribution is -0.135. The monoisotopic (exact) mass is 462 g/mol. The standard InChI is InChI=1S/C10H10O2.C8H7BrO2.C4H6O2/c1-3-9-4-6-10(7-5-9)12-8(2)11;1-6(10)11-8-4-2-7(9)3-5-8;1-3-6-4(2)5/h3-7H,1H2,2H3;2-5H,1H3;3H,1H2,2H3. The van der Waals surface area contributed by atoms with E-state index < -0.39 is 0 Å². The summed E-state index contributed by atoms with van der Waals surface area (Å²) < 4.78 is 14.8. The van der Waals surface area contributed by atoms with Crippen LogP contribution in [0.25, 0.3) is 6.08 Å². The molecule has 0 N–H and O–H groups in total. The Morgan fingerprint density at radius 1 is 0.759 bits per heavy atom. The third-order valence-electron chi connectivity index (χ3n) is 2.70. The molecule has 0 amide bonds. The third-order valence-corrected chi connectivity index (χ3v) is 3.23. The maximum Gasteiger partial charge on any atom is 0.308 e. The summed E-state index contributed by atoms with van der Waals surface area (Å²) in [6, 6.07) is 14.2. The van der Waals surface area contributed by atoms with Crippen molar-refractivity contribution in [3.8, 4) is 11.5 Å². The minimum Gasteiger partial charge on any atom is -0.435 e. The smallest absolute Gasteiger partial charge is 0.308 e. The Kier molecular flexibility index (Phi) is 13.2. The summed E-state index contributed by atoms with van der Waals surface area (Å²) in [4.78, 5) is 30.7. The average Bonchev–Trinajstić information content (AvgIpc) is 2.64. The van der Waals surface area contributed by atoms with E-state index in [2.05, 4.69) is 33.8 Å². The molecule has 0 aliphatic rings. The van der Waals surface area contributed by atoms with Crippen LogP contribution >= 0.6 is 15.9 Å². The summed E-state index contributed by atoms with van der Waals surface area (Å²) in [5, 5.41) is 0. The predicted octanol–water partition coefficient (Wildman–Crippen LogP) is 5.32. The van der Waals surface area contributed by atoms with Crippen molar-refractivity contribution >= 4 is 39.9 Å². The number of rotatable bonds is 4. The zero-order chi connectivity index (χ0) is 22.2. The van der Waals surface area contributed by atoms with Crippen LogP contribution in [0.2, 0.25) is 0 Å². The maximum absolute atomic E-state index is 10.5. The number of benzene rings is 2. The summed E-state index contributed by atoms with van der Waals surface area (Å²) in [5.41, 5.74) is 1.01. The summed E-state index contributed by atoms with van der Waals surface area (Å²) in [5.74, 6) is 0.201. The van der Waals surface area contributed by atoms with Gasteiger partial charge < -0.3 is 14.2 Å². The Bertz CT molecular complexity index is 810. The summed E-state index contributed by atoms with van der Waals surface area (Å²) in [7, 11) is 0. The van der Waals surface area contributed by atoms with Crippen LogP contribution in [0, 0.1) is 0 Å². The molecule has 0 aliphatic heterocycles. The molecule has 2 aromatic carbocycles. The van der Waals surface area contributed by atoms with Crippen molar-refractivity contribution in [1.29, 1.82) is 0 Å². The molecule has 0 radical (unpaired) electrons. The van der Waals surface area contributed by atoms with Crippen molar-refractivity contribution in [1.82, 2.24) is 0 Å². The first-order valence-corrected chi connectivity index (χ1v) is 9.10. The second-order valence-electron chi connectivity index (χ2n) is 5.19. The molecule has 0 bridgehead atoms. The van der Waals surface area contributed by atoms with E-state index in [-0.39, 0.29) is 17.9 Å². The number of hydrogen-bond donors (Lipinski definition) is 0. The van der Waals surface area contributed by atoms with Crippen LogP contribution in [0.3, 0.4) is 0 Å². The second kappa shape index (κ2) is 14.8. The molecule has 154 valence electrons. The highest BCUT2D eigenvalue weighted by atomic mass is 79.9. The first-order valence-electron chi connectivity index (χ1n) is 8.31. The number of halogens is 1. The SMILES string of the molecule is C=COC(C)=O.C=Cc1ccc(OC(C)=O)cc1.CC(=O)Oc1ccc(Br)cc1. The van der Waals surface area contributed by atoms with Gasteiger partial charge in [-0.2, -0.15) is 0 Å². The van der Waals surface area contributed by atoms with Gasteiger partial charge >= 0.3 is 17.9 Å². The number of hydrogen-bond acceptors (Lipinski definition) is 6. The lowest BCUT2D eigenvalue weighted by Crippen LogP contribution is -2.00. The van der Waals surface area contributed by atoms with Gasteiger partial charge in [-0.05, 0) is 42.0 Å². The van der Waals surface area contributed by atoms with E-state index in [4.69, 9.17) is 9.47 Å². The molecule has 2 aromatic rings. The van der Waals surface area contributed by atoms with Gasteiger partial charge in [0.15, 0.2) is 0 Å². The quantitative estimate of drug-likeness (QED) is 0.347. The lowest BCUT2D eigenvalue weighted by atomic mass is 10.2. The van der Waals surface area contributed by atoms with Gasteiger partial charge in [0.05, 0.1) is 6.26 Å². The van der Waals surface area contributed by atoms with Crippen LogP contribution in [-0.2, 0) is 19.1 Å². The topological polar surface area (TPSA) is 78.9 Å². The van der Waals surface area contributed by atoms with E-state index in [0.29, 0.717) is 11.5 Å². The van der Waals surface area contributed by atoms with Crippen molar-refractivity contribution in [2.24, 2.45) is 0 Å². The van der Waals surface area contributed by atoms with Gasteiger partial charge in [-0.1, -0.05) is 47.3 Å². The summed E-state index contributed by atoms with van der Waals surface area (Å²) >= 11 is 3.27. The highest BCUT2D eigenvalue weighted by molar-refractivity contribution is 9.10. The number of carbonyl (C=O) groups excluding carboxylic acids is 3. The Labute approximate surface area is 178 Å². The molecule has 0 heterocycles. The minimum absolute atomic E-state index is 0.299. The molecule has 7 heteroatoms. The Hall–Kier alpha value is -3.19. The van der Waals surface area contributed by atoms with Crippen LogP contribution in [-0.4, -0.2) is 17.9 Å². The van der Waals surface area contributed by atoms with Crippen molar-refractivity contribution in [3.63, 3.8) is 0 Å². The van der Waals surface area contributed by atoms with Crippen molar-refractivity contribution in [2.75, 3.05) is 0 Å². The Morgan fingerprint density at radius 2 is 1.17 bits per heavy atom. The first kappa shape index (κ1) is 25.8. The molecule has 0 atom stereocenters. The van der Waals surface area contributed by atoms with Crippen molar-refractivity contribution < 1.29 is 28.6 Å².